The van der Waals surface area contributed by atoms with E-state index in [1.165, 1.54) is 34.2 Å². The average Bonchev–Trinajstić information content (AvgIpc) is 2.91. The molecule has 2 aromatic rings. The second kappa shape index (κ2) is 6.03. The number of carbonyl (C=O) groups is 1. The third-order valence-electron chi connectivity index (χ3n) is 3.49. The van der Waals surface area contributed by atoms with E-state index in [9.17, 15) is 4.79 Å². The fourth-order valence-electron chi connectivity index (χ4n) is 2.41. The van der Waals surface area contributed by atoms with Gasteiger partial charge in [-0.05, 0) is 24.5 Å². The lowest BCUT2D eigenvalue weighted by molar-refractivity contribution is -0.131. The highest BCUT2D eigenvalue weighted by Crippen LogP contribution is 2.29. The van der Waals surface area contributed by atoms with Gasteiger partial charge < -0.3 is 10.6 Å². The lowest BCUT2D eigenvalue weighted by Gasteiger charge is -2.30. The molecule has 110 valence electrons. The van der Waals surface area contributed by atoms with Crippen molar-refractivity contribution in [1.29, 1.82) is 0 Å². The number of amides is 1. The summed E-state index contributed by atoms with van der Waals surface area (Å²) in [5.74, 6) is 0.142. The molecule has 1 atom stereocenters. The van der Waals surface area contributed by atoms with Gasteiger partial charge in [0.1, 0.15) is 0 Å². The van der Waals surface area contributed by atoms with Crippen LogP contribution < -0.4 is 5.73 Å². The Bertz CT molecular complexity index is 658. The number of nitrogen functional groups attached to an aromatic ring is 1. The van der Waals surface area contributed by atoms with Gasteiger partial charge >= 0.3 is 0 Å². The Hall–Kier alpha value is -1.60. The van der Waals surface area contributed by atoms with Crippen LogP contribution in [0.4, 0.5) is 5.13 Å². The fraction of sp³-hybridized carbons (Fsp3) is 0.357. The van der Waals surface area contributed by atoms with Gasteiger partial charge in [-0.3, -0.25) is 4.79 Å². The molecule has 1 aromatic carbocycles. The van der Waals surface area contributed by atoms with Crippen LogP contribution in [0.1, 0.15) is 18.1 Å². The molecule has 21 heavy (non-hydrogen) atoms. The molecule has 2 heterocycles. The largest absolute Gasteiger partial charge is 0.374 e. The first-order chi connectivity index (χ1) is 10.1. The SMILES string of the molecule is C[C@H](Sc1nnc(N)s1)C(=O)N1CCc2ccccc2C1. The Morgan fingerprint density at radius 1 is 1.38 bits per heavy atom. The first-order valence-corrected chi connectivity index (χ1v) is 8.44. The van der Waals surface area contributed by atoms with Gasteiger partial charge in [-0.2, -0.15) is 0 Å². The number of hydrogen-bond donors (Lipinski definition) is 1. The van der Waals surface area contributed by atoms with Gasteiger partial charge in [0, 0.05) is 13.1 Å². The third-order valence-corrected chi connectivity index (χ3v) is 5.41. The number of fused-ring (bicyclic) bond motifs is 1. The molecule has 0 spiro atoms. The van der Waals surface area contributed by atoms with Gasteiger partial charge in [-0.15, -0.1) is 10.2 Å². The number of carbonyl (C=O) groups excluding carboxylic acids is 1. The summed E-state index contributed by atoms with van der Waals surface area (Å²) in [6.45, 7) is 3.38. The topological polar surface area (TPSA) is 72.1 Å². The molecule has 0 aliphatic carbocycles. The first-order valence-electron chi connectivity index (χ1n) is 6.74. The lowest BCUT2D eigenvalue weighted by Crippen LogP contribution is -2.40. The van der Waals surface area contributed by atoms with Crippen LogP contribution in [0.3, 0.4) is 0 Å². The minimum Gasteiger partial charge on any atom is -0.374 e. The summed E-state index contributed by atoms with van der Waals surface area (Å²) in [6, 6.07) is 8.31. The molecule has 0 fully saturated rings. The molecule has 1 aromatic heterocycles. The van der Waals surface area contributed by atoms with Crippen molar-refractivity contribution >= 4 is 34.1 Å². The van der Waals surface area contributed by atoms with Crippen molar-refractivity contribution in [3.05, 3.63) is 35.4 Å². The highest BCUT2D eigenvalue weighted by Gasteiger charge is 2.25. The summed E-state index contributed by atoms with van der Waals surface area (Å²) in [7, 11) is 0. The molecule has 0 unspecified atom stereocenters. The first kappa shape index (κ1) is 14.3. The van der Waals surface area contributed by atoms with E-state index in [-0.39, 0.29) is 11.2 Å². The van der Waals surface area contributed by atoms with Crippen LogP contribution in [0, 0.1) is 0 Å². The van der Waals surface area contributed by atoms with Gasteiger partial charge in [-0.25, -0.2) is 0 Å². The number of anilines is 1. The van der Waals surface area contributed by atoms with Crippen LogP contribution in [0.25, 0.3) is 0 Å². The molecule has 0 saturated carbocycles. The monoisotopic (exact) mass is 320 g/mol. The number of nitrogens with two attached hydrogens (primary N) is 1. The summed E-state index contributed by atoms with van der Waals surface area (Å²) in [6.07, 6.45) is 0.922. The van der Waals surface area contributed by atoms with Crippen molar-refractivity contribution in [2.75, 3.05) is 12.3 Å². The summed E-state index contributed by atoms with van der Waals surface area (Å²) in [5, 5.41) is 7.98. The van der Waals surface area contributed by atoms with Crippen LogP contribution >= 0.6 is 23.1 Å². The maximum Gasteiger partial charge on any atom is 0.236 e. The Labute approximate surface area is 131 Å². The molecule has 5 nitrogen and oxygen atoms in total. The Morgan fingerprint density at radius 2 is 2.14 bits per heavy atom. The number of benzene rings is 1. The zero-order valence-electron chi connectivity index (χ0n) is 11.7. The molecule has 1 amide bonds. The average molecular weight is 320 g/mol. The maximum absolute atomic E-state index is 12.5. The molecular weight excluding hydrogens is 304 g/mol. The van der Waals surface area contributed by atoms with Crippen LogP contribution in [0.5, 0.6) is 0 Å². The molecule has 3 rings (SSSR count). The van der Waals surface area contributed by atoms with Gasteiger partial charge in [0.05, 0.1) is 5.25 Å². The van der Waals surface area contributed by atoms with E-state index < -0.39 is 0 Å². The number of rotatable bonds is 3. The van der Waals surface area contributed by atoms with Gasteiger partial charge in [0.2, 0.25) is 11.0 Å². The predicted molar refractivity (Wildman–Crippen MR) is 85.2 cm³/mol. The standard InChI is InChI=1S/C14H16N4OS2/c1-9(20-14-17-16-13(15)21-14)12(19)18-7-6-10-4-2-3-5-11(10)8-18/h2-5,9H,6-8H2,1H3,(H2,15,16)/t9-/m0/s1. The van der Waals surface area contributed by atoms with Crippen molar-refractivity contribution in [3.8, 4) is 0 Å². The van der Waals surface area contributed by atoms with E-state index >= 15 is 0 Å². The van der Waals surface area contributed by atoms with Crippen molar-refractivity contribution in [3.63, 3.8) is 0 Å². The second-order valence-corrected chi connectivity index (χ2v) is 7.54. The van der Waals surface area contributed by atoms with Crippen molar-refractivity contribution < 1.29 is 4.79 Å². The smallest absolute Gasteiger partial charge is 0.236 e. The van der Waals surface area contributed by atoms with E-state index in [1.807, 2.05) is 17.9 Å². The molecular formula is C14H16N4OS2. The second-order valence-electron chi connectivity index (χ2n) is 4.94. The molecule has 1 aliphatic heterocycles. The fourth-order valence-corrected chi connectivity index (χ4v) is 4.27. The van der Waals surface area contributed by atoms with E-state index in [0.29, 0.717) is 11.7 Å². The lowest BCUT2D eigenvalue weighted by atomic mass is 10.00. The molecule has 2 N–H and O–H groups in total. The highest BCUT2D eigenvalue weighted by molar-refractivity contribution is 8.02. The van der Waals surface area contributed by atoms with Gasteiger partial charge in [-0.1, -0.05) is 47.4 Å². The summed E-state index contributed by atoms with van der Waals surface area (Å²) < 4.78 is 0.741. The number of aromatic nitrogens is 2. The van der Waals surface area contributed by atoms with E-state index in [4.69, 9.17) is 5.73 Å². The van der Waals surface area contributed by atoms with E-state index in [1.54, 1.807) is 0 Å². The Balaban J connectivity index is 1.66. The van der Waals surface area contributed by atoms with Crippen LogP contribution in [-0.4, -0.2) is 32.8 Å². The maximum atomic E-state index is 12.5. The summed E-state index contributed by atoms with van der Waals surface area (Å²) >= 11 is 2.74. The van der Waals surface area contributed by atoms with E-state index in [2.05, 4.69) is 28.4 Å². The van der Waals surface area contributed by atoms with Crippen molar-refractivity contribution in [2.45, 2.75) is 29.5 Å². The molecule has 1 aliphatic rings. The third kappa shape index (κ3) is 3.19. The van der Waals surface area contributed by atoms with Gasteiger partial charge in [0.25, 0.3) is 0 Å². The molecule has 0 saturated heterocycles. The summed E-state index contributed by atoms with van der Waals surface area (Å²) in [4.78, 5) is 14.5. The highest BCUT2D eigenvalue weighted by atomic mass is 32.2. The van der Waals surface area contributed by atoms with Crippen molar-refractivity contribution in [2.24, 2.45) is 0 Å². The normalized spacial score (nSPS) is 15.6. The number of hydrogen-bond acceptors (Lipinski definition) is 6. The van der Waals surface area contributed by atoms with Crippen molar-refractivity contribution in [1.82, 2.24) is 15.1 Å². The van der Waals surface area contributed by atoms with Crippen LogP contribution in [0.2, 0.25) is 0 Å². The van der Waals surface area contributed by atoms with Crippen LogP contribution in [0.15, 0.2) is 28.6 Å². The molecule has 0 radical (unpaired) electrons. The zero-order chi connectivity index (χ0) is 14.8. The Kier molecular flexibility index (Phi) is 4.12. The minimum absolute atomic E-state index is 0.142. The number of nitrogens with zero attached hydrogens (tertiary/aromatic N) is 3. The van der Waals surface area contributed by atoms with Crippen LogP contribution in [-0.2, 0) is 17.8 Å². The quantitative estimate of drug-likeness (QED) is 0.878. The number of thioether (sulfide) groups is 1. The van der Waals surface area contributed by atoms with E-state index in [0.717, 1.165) is 17.3 Å². The molecule has 7 heteroatoms. The zero-order valence-corrected chi connectivity index (χ0v) is 13.3. The Morgan fingerprint density at radius 3 is 2.86 bits per heavy atom. The molecule has 0 bridgehead atoms. The minimum atomic E-state index is -0.178. The van der Waals surface area contributed by atoms with Gasteiger partial charge in [0.15, 0.2) is 4.34 Å². The predicted octanol–water partition coefficient (Wildman–Crippen LogP) is 2.19. The summed E-state index contributed by atoms with van der Waals surface area (Å²) in [5.41, 5.74) is 8.15.